The van der Waals surface area contributed by atoms with Crippen molar-refractivity contribution in [3.05, 3.63) is 35.4 Å². The highest BCUT2D eigenvalue weighted by Crippen LogP contribution is 2.07. The number of rotatable bonds is 6. The zero-order valence-electron chi connectivity index (χ0n) is 10.9. The SMILES string of the molecule is COC(=O)CCc1ccc(CCNC(C)=O)cc1. The van der Waals surface area contributed by atoms with Crippen molar-refractivity contribution in [3.8, 4) is 0 Å². The number of methoxy groups -OCH3 is 1. The maximum absolute atomic E-state index is 11.0. The molecule has 0 fully saturated rings. The summed E-state index contributed by atoms with van der Waals surface area (Å²) in [7, 11) is 1.40. The maximum Gasteiger partial charge on any atom is 0.305 e. The minimum atomic E-state index is -0.190. The van der Waals surface area contributed by atoms with Gasteiger partial charge >= 0.3 is 5.97 Å². The van der Waals surface area contributed by atoms with Crippen LogP contribution in [-0.4, -0.2) is 25.5 Å². The maximum atomic E-state index is 11.0. The Morgan fingerprint density at radius 3 is 2.17 bits per heavy atom. The Morgan fingerprint density at radius 1 is 1.11 bits per heavy atom. The molecule has 1 rings (SSSR count). The second-order valence-corrected chi connectivity index (χ2v) is 4.13. The van der Waals surface area contributed by atoms with E-state index < -0.39 is 0 Å². The predicted octanol–water partition coefficient (Wildman–Crippen LogP) is 1.47. The van der Waals surface area contributed by atoms with Crippen molar-refractivity contribution in [1.29, 1.82) is 0 Å². The van der Waals surface area contributed by atoms with Crippen LogP contribution >= 0.6 is 0 Å². The number of hydrogen-bond acceptors (Lipinski definition) is 3. The summed E-state index contributed by atoms with van der Waals surface area (Å²) in [5, 5.41) is 2.76. The van der Waals surface area contributed by atoms with E-state index in [2.05, 4.69) is 10.1 Å². The van der Waals surface area contributed by atoms with Crippen LogP contribution in [0.1, 0.15) is 24.5 Å². The first-order valence-electron chi connectivity index (χ1n) is 6.01. The lowest BCUT2D eigenvalue weighted by atomic mass is 10.1. The Kier molecular flexibility index (Phi) is 5.91. The van der Waals surface area contributed by atoms with E-state index in [0.717, 1.165) is 12.0 Å². The van der Waals surface area contributed by atoms with Gasteiger partial charge in [-0.3, -0.25) is 9.59 Å². The molecule has 0 bridgehead atoms. The summed E-state index contributed by atoms with van der Waals surface area (Å²) >= 11 is 0. The minimum Gasteiger partial charge on any atom is -0.469 e. The zero-order valence-corrected chi connectivity index (χ0v) is 10.9. The van der Waals surface area contributed by atoms with Crippen molar-refractivity contribution in [3.63, 3.8) is 0 Å². The quantitative estimate of drug-likeness (QED) is 0.777. The Bertz CT molecular complexity index is 398. The molecule has 98 valence electrons. The molecule has 4 nitrogen and oxygen atoms in total. The predicted molar refractivity (Wildman–Crippen MR) is 69.2 cm³/mol. The van der Waals surface area contributed by atoms with E-state index in [1.807, 2.05) is 24.3 Å². The van der Waals surface area contributed by atoms with Gasteiger partial charge in [-0.1, -0.05) is 24.3 Å². The molecule has 1 amide bonds. The van der Waals surface area contributed by atoms with Crippen molar-refractivity contribution in [2.24, 2.45) is 0 Å². The molecule has 0 aliphatic carbocycles. The third kappa shape index (κ3) is 5.48. The van der Waals surface area contributed by atoms with Gasteiger partial charge in [0.1, 0.15) is 0 Å². The Hall–Kier alpha value is -1.84. The highest BCUT2D eigenvalue weighted by Gasteiger charge is 2.01. The van der Waals surface area contributed by atoms with E-state index >= 15 is 0 Å². The van der Waals surface area contributed by atoms with Crippen LogP contribution in [0, 0.1) is 0 Å². The molecular weight excluding hydrogens is 230 g/mol. The van der Waals surface area contributed by atoms with Gasteiger partial charge in [0.05, 0.1) is 7.11 Å². The van der Waals surface area contributed by atoms with Gasteiger partial charge in [-0.05, 0) is 24.0 Å². The molecule has 0 atom stereocenters. The molecule has 1 aromatic rings. The van der Waals surface area contributed by atoms with Crippen LogP contribution in [0.25, 0.3) is 0 Å². The summed E-state index contributed by atoms with van der Waals surface area (Å²) in [4.78, 5) is 21.7. The summed E-state index contributed by atoms with van der Waals surface area (Å²) in [6.07, 6.45) is 1.91. The van der Waals surface area contributed by atoms with Crippen LogP contribution in [0.15, 0.2) is 24.3 Å². The van der Waals surface area contributed by atoms with E-state index in [1.54, 1.807) is 0 Å². The lowest BCUT2D eigenvalue weighted by Gasteiger charge is -2.04. The zero-order chi connectivity index (χ0) is 13.4. The average molecular weight is 249 g/mol. The van der Waals surface area contributed by atoms with Crippen LogP contribution in [0.3, 0.4) is 0 Å². The molecule has 0 saturated carbocycles. The molecule has 0 heterocycles. The minimum absolute atomic E-state index is 0.00954. The van der Waals surface area contributed by atoms with Crippen molar-refractivity contribution in [2.75, 3.05) is 13.7 Å². The molecule has 1 N–H and O–H groups in total. The monoisotopic (exact) mass is 249 g/mol. The van der Waals surface area contributed by atoms with Crippen molar-refractivity contribution in [1.82, 2.24) is 5.32 Å². The smallest absolute Gasteiger partial charge is 0.305 e. The lowest BCUT2D eigenvalue weighted by molar-refractivity contribution is -0.140. The number of amides is 1. The van der Waals surface area contributed by atoms with E-state index in [-0.39, 0.29) is 11.9 Å². The second-order valence-electron chi connectivity index (χ2n) is 4.13. The Balaban J connectivity index is 2.37. The van der Waals surface area contributed by atoms with E-state index in [1.165, 1.54) is 19.6 Å². The van der Waals surface area contributed by atoms with Crippen LogP contribution < -0.4 is 5.32 Å². The number of nitrogens with one attached hydrogen (secondary N) is 1. The van der Waals surface area contributed by atoms with Gasteiger partial charge in [0.2, 0.25) is 5.91 Å². The van der Waals surface area contributed by atoms with Gasteiger partial charge in [-0.15, -0.1) is 0 Å². The fourth-order valence-electron chi connectivity index (χ4n) is 1.60. The van der Waals surface area contributed by atoms with Gasteiger partial charge < -0.3 is 10.1 Å². The fourth-order valence-corrected chi connectivity index (χ4v) is 1.60. The standard InChI is InChI=1S/C14H19NO3/c1-11(16)15-10-9-13-5-3-12(4-6-13)7-8-14(17)18-2/h3-6H,7-10H2,1-2H3,(H,15,16). The third-order valence-electron chi connectivity index (χ3n) is 2.66. The number of hydrogen-bond donors (Lipinski definition) is 1. The molecule has 0 spiro atoms. The van der Waals surface area contributed by atoms with Crippen molar-refractivity contribution in [2.45, 2.75) is 26.2 Å². The summed E-state index contributed by atoms with van der Waals surface area (Å²) in [5.41, 5.74) is 2.29. The molecule has 0 radical (unpaired) electrons. The number of benzene rings is 1. The normalized spacial score (nSPS) is 9.89. The molecule has 0 unspecified atom stereocenters. The lowest BCUT2D eigenvalue weighted by Crippen LogP contribution is -2.22. The summed E-state index contributed by atoms with van der Waals surface area (Å²) in [6.45, 7) is 2.16. The molecule has 4 heteroatoms. The fraction of sp³-hybridized carbons (Fsp3) is 0.429. The molecule has 18 heavy (non-hydrogen) atoms. The molecule has 0 aromatic heterocycles. The molecule has 0 saturated heterocycles. The van der Waals surface area contributed by atoms with Gasteiger partial charge in [0.25, 0.3) is 0 Å². The van der Waals surface area contributed by atoms with E-state index in [4.69, 9.17) is 0 Å². The van der Waals surface area contributed by atoms with Crippen molar-refractivity contribution >= 4 is 11.9 Å². The largest absolute Gasteiger partial charge is 0.469 e. The Labute approximate surface area is 107 Å². The molecule has 0 aliphatic rings. The van der Waals surface area contributed by atoms with Gasteiger partial charge in [-0.2, -0.15) is 0 Å². The van der Waals surface area contributed by atoms with E-state index in [0.29, 0.717) is 19.4 Å². The Morgan fingerprint density at radius 2 is 1.67 bits per heavy atom. The number of carbonyl (C=O) groups is 2. The number of ether oxygens (including phenoxy) is 1. The first-order valence-corrected chi connectivity index (χ1v) is 6.01. The summed E-state index contributed by atoms with van der Waals surface area (Å²) in [6, 6.07) is 8.06. The van der Waals surface area contributed by atoms with Crippen LogP contribution in [0.5, 0.6) is 0 Å². The molecular formula is C14H19NO3. The van der Waals surface area contributed by atoms with Crippen LogP contribution in [0.2, 0.25) is 0 Å². The van der Waals surface area contributed by atoms with Gasteiger partial charge in [0, 0.05) is 19.9 Å². The van der Waals surface area contributed by atoms with Crippen LogP contribution in [-0.2, 0) is 27.2 Å². The third-order valence-corrected chi connectivity index (χ3v) is 2.66. The highest BCUT2D eigenvalue weighted by molar-refractivity contribution is 5.72. The number of esters is 1. The topological polar surface area (TPSA) is 55.4 Å². The molecule has 0 aliphatic heterocycles. The van der Waals surface area contributed by atoms with Gasteiger partial charge in [0.15, 0.2) is 0 Å². The van der Waals surface area contributed by atoms with E-state index in [9.17, 15) is 9.59 Å². The summed E-state index contributed by atoms with van der Waals surface area (Å²) in [5.74, 6) is -0.200. The average Bonchev–Trinajstić information content (AvgIpc) is 2.37. The molecule has 1 aromatic carbocycles. The van der Waals surface area contributed by atoms with Crippen molar-refractivity contribution < 1.29 is 14.3 Å². The van der Waals surface area contributed by atoms with Crippen LogP contribution in [0.4, 0.5) is 0 Å². The summed E-state index contributed by atoms with van der Waals surface area (Å²) < 4.78 is 4.59. The highest BCUT2D eigenvalue weighted by atomic mass is 16.5. The second kappa shape index (κ2) is 7.48. The number of aryl methyl sites for hydroxylation is 1. The first kappa shape index (κ1) is 14.2. The van der Waals surface area contributed by atoms with Gasteiger partial charge in [-0.25, -0.2) is 0 Å². The first-order chi connectivity index (χ1) is 8.61. The number of carbonyl (C=O) groups excluding carboxylic acids is 2.